The predicted molar refractivity (Wildman–Crippen MR) is 54.6 cm³/mol. The number of rotatable bonds is 3. The summed E-state index contributed by atoms with van der Waals surface area (Å²) in [4.78, 5) is 11.1. The molecule has 0 amide bonds. The number of carboxylic acids is 1. The lowest BCUT2D eigenvalue weighted by atomic mass is 9.76. The molecule has 1 aromatic heterocycles. The molecule has 6 heteroatoms. The van der Waals surface area contributed by atoms with Crippen LogP contribution >= 0.6 is 0 Å². The molecule has 6 nitrogen and oxygen atoms in total. The third-order valence-corrected chi connectivity index (χ3v) is 2.82. The standard InChI is InChI=1S/C10H10N4O2/c11-6-7-2-5-12-14-8(7)13-10(9(15)16)3-1-4-10/h2,5H,1,3-4H2,(H,13,14)(H,15,16). The molecule has 1 fully saturated rings. The maximum atomic E-state index is 11.1. The second kappa shape index (κ2) is 3.77. The van der Waals surface area contributed by atoms with Crippen LogP contribution in [0.1, 0.15) is 24.8 Å². The molecule has 0 aliphatic heterocycles. The zero-order valence-corrected chi connectivity index (χ0v) is 8.47. The smallest absolute Gasteiger partial charge is 0.329 e. The molecule has 1 saturated carbocycles. The summed E-state index contributed by atoms with van der Waals surface area (Å²) in [7, 11) is 0. The maximum absolute atomic E-state index is 11.1. The Morgan fingerprint density at radius 3 is 2.88 bits per heavy atom. The molecule has 2 rings (SSSR count). The molecule has 82 valence electrons. The molecule has 1 aliphatic carbocycles. The Hall–Kier alpha value is -2.16. The molecule has 0 radical (unpaired) electrons. The van der Waals surface area contributed by atoms with Gasteiger partial charge in [0, 0.05) is 0 Å². The number of carboxylic acid groups (broad SMARTS) is 1. The van der Waals surface area contributed by atoms with Gasteiger partial charge in [0.05, 0.1) is 11.8 Å². The molecule has 0 bridgehead atoms. The van der Waals surface area contributed by atoms with Crippen LogP contribution in [0.25, 0.3) is 0 Å². The summed E-state index contributed by atoms with van der Waals surface area (Å²) in [6.07, 6.45) is 3.35. The number of nitriles is 1. The van der Waals surface area contributed by atoms with Gasteiger partial charge in [0.15, 0.2) is 5.82 Å². The minimum Gasteiger partial charge on any atom is -0.480 e. The predicted octanol–water partition coefficient (Wildman–Crippen LogP) is 0.767. The third kappa shape index (κ3) is 1.56. The number of nitrogens with zero attached hydrogens (tertiary/aromatic N) is 3. The van der Waals surface area contributed by atoms with Crippen molar-refractivity contribution >= 4 is 11.8 Å². The van der Waals surface area contributed by atoms with Gasteiger partial charge < -0.3 is 10.4 Å². The Labute approximate surface area is 91.9 Å². The molecular formula is C10H10N4O2. The van der Waals surface area contributed by atoms with Crippen LogP contribution in [-0.4, -0.2) is 26.8 Å². The van der Waals surface area contributed by atoms with Crippen LogP contribution in [0.4, 0.5) is 5.82 Å². The van der Waals surface area contributed by atoms with E-state index >= 15 is 0 Å². The number of aromatic nitrogens is 2. The molecule has 1 heterocycles. The number of hydrogen-bond acceptors (Lipinski definition) is 5. The number of hydrogen-bond donors (Lipinski definition) is 2. The van der Waals surface area contributed by atoms with E-state index in [4.69, 9.17) is 10.4 Å². The van der Waals surface area contributed by atoms with E-state index in [-0.39, 0.29) is 5.82 Å². The Bertz CT molecular complexity index is 462. The van der Waals surface area contributed by atoms with E-state index < -0.39 is 11.5 Å². The number of nitrogens with one attached hydrogen (secondary N) is 1. The fraction of sp³-hybridized carbons (Fsp3) is 0.400. The number of carbonyl (C=O) groups is 1. The van der Waals surface area contributed by atoms with E-state index in [0.717, 1.165) is 6.42 Å². The fourth-order valence-electron chi connectivity index (χ4n) is 1.66. The number of anilines is 1. The average Bonchev–Trinajstić information content (AvgIpc) is 2.23. The molecule has 1 aromatic rings. The van der Waals surface area contributed by atoms with Crippen LogP contribution in [0, 0.1) is 11.3 Å². The minimum atomic E-state index is -0.971. The first kappa shape index (κ1) is 10.4. The zero-order chi connectivity index (χ0) is 11.6. The largest absolute Gasteiger partial charge is 0.480 e. The summed E-state index contributed by atoms with van der Waals surface area (Å²) in [6, 6.07) is 3.45. The second-order valence-electron chi connectivity index (χ2n) is 3.77. The van der Waals surface area contributed by atoms with Gasteiger partial charge in [-0.2, -0.15) is 10.4 Å². The van der Waals surface area contributed by atoms with E-state index in [1.807, 2.05) is 6.07 Å². The fourth-order valence-corrected chi connectivity index (χ4v) is 1.66. The highest BCUT2D eigenvalue weighted by Crippen LogP contribution is 2.35. The van der Waals surface area contributed by atoms with Gasteiger partial charge in [0.1, 0.15) is 11.6 Å². The Morgan fingerprint density at radius 2 is 2.38 bits per heavy atom. The monoisotopic (exact) mass is 218 g/mol. The van der Waals surface area contributed by atoms with E-state index in [1.165, 1.54) is 12.3 Å². The van der Waals surface area contributed by atoms with Crippen molar-refractivity contribution in [2.75, 3.05) is 5.32 Å². The van der Waals surface area contributed by atoms with E-state index in [0.29, 0.717) is 18.4 Å². The highest BCUT2D eigenvalue weighted by atomic mass is 16.4. The summed E-state index contributed by atoms with van der Waals surface area (Å²) in [5.74, 6) is -0.666. The van der Waals surface area contributed by atoms with E-state index in [1.54, 1.807) is 0 Å². The quantitative estimate of drug-likeness (QED) is 0.777. The van der Waals surface area contributed by atoms with Gasteiger partial charge in [-0.3, -0.25) is 0 Å². The van der Waals surface area contributed by atoms with Crippen molar-refractivity contribution in [2.45, 2.75) is 24.8 Å². The molecule has 2 N–H and O–H groups in total. The molecule has 0 spiro atoms. The SMILES string of the molecule is N#Cc1ccnnc1NC1(C(=O)O)CCC1. The van der Waals surface area contributed by atoms with Crippen molar-refractivity contribution in [1.82, 2.24) is 10.2 Å². The lowest BCUT2D eigenvalue weighted by Crippen LogP contribution is -2.52. The van der Waals surface area contributed by atoms with Crippen molar-refractivity contribution in [3.8, 4) is 6.07 Å². The molecule has 16 heavy (non-hydrogen) atoms. The van der Waals surface area contributed by atoms with Crippen molar-refractivity contribution in [1.29, 1.82) is 5.26 Å². The number of aliphatic carboxylic acids is 1. The highest BCUT2D eigenvalue weighted by molar-refractivity contribution is 5.84. The zero-order valence-electron chi connectivity index (χ0n) is 8.47. The molecule has 0 unspecified atom stereocenters. The van der Waals surface area contributed by atoms with Crippen molar-refractivity contribution in [3.05, 3.63) is 17.8 Å². The third-order valence-electron chi connectivity index (χ3n) is 2.82. The van der Waals surface area contributed by atoms with Gasteiger partial charge in [0.25, 0.3) is 0 Å². The van der Waals surface area contributed by atoms with Crippen LogP contribution < -0.4 is 5.32 Å². The lowest BCUT2D eigenvalue weighted by molar-refractivity contribution is -0.145. The van der Waals surface area contributed by atoms with Gasteiger partial charge in [-0.1, -0.05) is 0 Å². The summed E-state index contributed by atoms with van der Waals surface area (Å²) < 4.78 is 0. The normalized spacial score (nSPS) is 16.9. The van der Waals surface area contributed by atoms with Gasteiger partial charge in [0.2, 0.25) is 0 Å². The summed E-state index contributed by atoms with van der Waals surface area (Å²) in [5, 5.41) is 28.2. The first-order valence-electron chi connectivity index (χ1n) is 4.91. The average molecular weight is 218 g/mol. The Kier molecular flexibility index (Phi) is 2.44. The first-order chi connectivity index (χ1) is 7.68. The molecule has 0 aromatic carbocycles. The van der Waals surface area contributed by atoms with Gasteiger partial charge in [-0.25, -0.2) is 4.79 Å². The van der Waals surface area contributed by atoms with Gasteiger partial charge in [-0.15, -0.1) is 5.10 Å². The summed E-state index contributed by atoms with van der Waals surface area (Å²) >= 11 is 0. The lowest BCUT2D eigenvalue weighted by Gasteiger charge is -2.38. The van der Waals surface area contributed by atoms with E-state index in [2.05, 4.69) is 15.5 Å². The maximum Gasteiger partial charge on any atom is 0.329 e. The van der Waals surface area contributed by atoms with Crippen molar-refractivity contribution < 1.29 is 9.90 Å². The Balaban J connectivity index is 2.27. The van der Waals surface area contributed by atoms with Gasteiger partial charge in [-0.05, 0) is 25.3 Å². The molecule has 0 atom stereocenters. The summed E-state index contributed by atoms with van der Waals surface area (Å²) in [6.45, 7) is 0. The van der Waals surface area contributed by atoms with Crippen molar-refractivity contribution in [3.63, 3.8) is 0 Å². The minimum absolute atomic E-state index is 0.243. The molecule has 1 aliphatic rings. The van der Waals surface area contributed by atoms with Crippen LogP contribution in [0.15, 0.2) is 12.3 Å². The second-order valence-corrected chi connectivity index (χ2v) is 3.77. The van der Waals surface area contributed by atoms with E-state index in [9.17, 15) is 4.79 Å². The van der Waals surface area contributed by atoms with Crippen LogP contribution in [0.5, 0.6) is 0 Å². The summed E-state index contributed by atoms with van der Waals surface area (Å²) in [5.41, 5.74) is -0.663. The van der Waals surface area contributed by atoms with Crippen LogP contribution in [-0.2, 0) is 4.79 Å². The first-order valence-corrected chi connectivity index (χ1v) is 4.91. The molecule has 0 saturated heterocycles. The topological polar surface area (TPSA) is 98.9 Å². The highest BCUT2D eigenvalue weighted by Gasteiger charge is 2.45. The van der Waals surface area contributed by atoms with Crippen LogP contribution in [0.3, 0.4) is 0 Å². The molecular weight excluding hydrogens is 208 g/mol. The Morgan fingerprint density at radius 1 is 1.62 bits per heavy atom. The van der Waals surface area contributed by atoms with Gasteiger partial charge >= 0.3 is 5.97 Å². The van der Waals surface area contributed by atoms with Crippen molar-refractivity contribution in [2.24, 2.45) is 0 Å². The van der Waals surface area contributed by atoms with Crippen LogP contribution in [0.2, 0.25) is 0 Å².